The quantitative estimate of drug-likeness (QED) is 0.910. The SMILES string of the molecule is O=C1CSc2ccc(C(=O)N3CCC[C@@H](n4cccn4)C3)cc2N1. The van der Waals surface area contributed by atoms with E-state index in [0.717, 1.165) is 30.0 Å². The minimum Gasteiger partial charge on any atom is -0.337 e. The van der Waals surface area contributed by atoms with E-state index in [1.54, 1.807) is 12.3 Å². The van der Waals surface area contributed by atoms with Crippen LogP contribution in [0, 0.1) is 0 Å². The van der Waals surface area contributed by atoms with Gasteiger partial charge in [-0.3, -0.25) is 14.3 Å². The maximum atomic E-state index is 12.9. The zero-order valence-corrected chi connectivity index (χ0v) is 14.0. The molecular weight excluding hydrogens is 324 g/mol. The van der Waals surface area contributed by atoms with Gasteiger partial charge in [-0.25, -0.2) is 0 Å². The van der Waals surface area contributed by atoms with Crippen LogP contribution in [0.1, 0.15) is 29.2 Å². The van der Waals surface area contributed by atoms with E-state index in [9.17, 15) is 9.59 Å². The van der Waals surface area contributed by atoms with E-state index in [4.69, 9.17) is 0 Å². The van der Waals surface area contributed by atoms with Gasteiger partial charge in [-0.2, -0.15) is 5.10 Å². The van der Waals surface area contributed by atoms with E-state index >= 15 is 0 Å². The van der Waals surface area contributed by atoms with Crippen LogP contribution in [0.3, 0.4) is 0 Å². The van der Waals surface area contributed by atoms with Crippen molar-refractivity contribution >= 4 is 29.3 Å². The van der Waals surface area contributed by atoms with Gasteiger partial charge in [0.05, 0.1) is 17.5 Å². The third-order valence-corrected chi connectivity index (χ3v) is 5.52. The molecule has 1 aromatic carbocycles. The fourth-order valence-corrected chi connectivity index (χ4v) is 4.04. The number of hydrogen-bond acceptors (Lipinski definition) is 4. The number of piperidine rings is 1. The molecule has 0 spiro atoms. The van der Waals surface area contributed by atoms with Gasteiger partial charge in [0.2, 0.25) is 5.91 Å². The lowest BCUT2D eigenvalue weighted by Crippen LogP contribution is -2.40. The van der Waals surface area contributed by atoms with E-state index < -0.39 is 0 Å². The monoisotopic (exact) mass is 342 g/mol. The Morgan fingerprint density at radius 3 is 3.12 bits per heavy atom. The Kier molecular flexibility index (Phi) is 4.02. The molecule has 3 heterocycles. The first-order valence-corrected chi connectivity index (χ1v) is 9.04. The maximum absolute atomic E-state index is 12.9. The second-order valence-electron chi connectivity index (χ2n) is 6.08. The first kappa shape index (κ1) is 15.3. The number of likely N-dealkylation sites (tertiary alicyclic amines) is 1. The summed E-state index contributed by atoms with van der Waals surface area (Å²) in [6.07, 6.45) is 5.71. The van der Waals surface area contributed by atoms with Gasteiger partial charge in [0.15, 0.2) is 0 Å². The number of benzene rings is 1. The Bertz CT molecular complexity index is 775. The molecule has 2 aliphatic heterocycles. The molecule has 7 heteroatoms. The highest BCUT2D eigenvalue weighted by molar-refractivity contribution is 8.00. The van der Waals surface area contributed by atoms with Crippen LogP contribution in [0.2, 0.25) is 0 Å². The van der Waals surface area contributed by atoms with E-state index in [1.807, 2.05) is 34.0 Å². The average molecular weight is 342 g/mol. The highest BCUT2D eigenvalue weighted by Crippen LogP contribution is 2.32. The molecule has 2 amide bonds. The van der Waals surface area contributed by atoms with Gasteiger partial charge in [0, 0.05) is 35.9 Å². The molecular formula is C17H18N4O2S. The van der Waals surface area contributed by atoms with Crippen molar-refractivity contribution in [3.63, 3.8) is 0 Å². The molecule has 24 heavy (non-hydrogen) atoms. The number of aromatic nitrogens is 2. The van der Waals surface area contributed by atoms with E-state index in [0.29, 0.717) is 17.9 Å². The maximum Gasteiger partial charge on any atom is 0.254 e. The molecule has 0 saturated carbocycles. The number of carbonyl (C=O) groups excluding carboxylic acids is 2. The zero-order chi connectivity index (χ0) is 16.5. The Morgan fingerprint density at radius 2 is 2.29 bits per heavy atom. The first-order chi connectivity index (χ1) is 11.7. The minimum atomic E-state index is -0.0196. The van der Waals surface area contributed by atoms with Crippen molar-refractivity contribution in [1.29, 1.82) is 0 Å². The number of amides is 2. The van der Waals surface area contributed by atoms with Gasteiger partial charge in [-0.1, -0.05) is 0 Å². The molecule has 1 atom stereocenters. The average Bonchev–Trinajstić information content (AvgIpc) is 3.15. The van der Waals surface area contributed by atoms with Crippen LogP contribution in [0.25, 0.3) is 0 Å². The lowest BCUT2D eigenvalue weighted by molar-refractivity contribution is -0.113. The fourth-order valence-electron chi connectivity index (χ4n) is 3.25. The molecule has 1 saturated heterocycles. The van der Waals surface area contributed by atoms with Crippen LogP contribution in [0.15, 0.2) is 41.6 Å². The fraction of sp³-hybridized carbons (Fsp3) is 0.353. The van der Waals surface area contributed by atoms with Gasteiger partial charge in [-0.15, -0.1) is 11.8 Å². The molecule has 6 nitrogen and oxygen atoms in total. The smallest absolute Gasteiger partial charge is 0.254 e. The highest BCUT2D eigenvalue weighted by atomic mass is 32.2. The second kappa shape index (κ2) is 6.32. The lowest BCUT2D eigenvalue weighted by Gasteiger charge is -2.33. The lowest BCUT2D eigenvalue weighted by atomic mass is 10.0. The van der Waals surface area contributed by atoms with Crippen LogP contribution < -0.4 is 5.32 Å². The van der Waals surface area contributed by atoms with Gasteiger partial charge >= 0.3 is 0 Å². The molecule has 0 unspecified atom stereocenters. The Balaban J connectivity index is 1.53. The normalized spacial score (nSPS) is 20.4. The molecule has 4 rings (SSSR count). The van der Waals surface area contributed by atoms with Crippen molar-refractivity contribution in [2.24, 2.45) is 0 Å². The van der Waals surface area contributed by atoms with Crippen LogP contribution in [0.5, 0.6) is 0 Å². The number of anilines is 1. The predicted molar refractivity (Wildman–Crippen MR) is 92.2 cm³/mol. The van der Waals surface area contributed by atoms with E-state index in [-0.39, 0.29) is 17.9 Å². The van der Waals surface area contributed by atoms with Crippen molar-refractivity contribution < 1.29 is 9.59 Å². The number of rotatable bonds is 2. The summed E-state index contributed by atoms with van der Waals surface area (Å²) in [7, 11) is 0. The summed E-state index contributed by atoms with van der Waals surface area (Å²) >= 11 is 1.50. The summed E-state index contributed by atoms with van der Waals surface area (Å²) in [5.41, 5.74) is 1.36. The van der Waals surface area contributed by atoms with Crippen molar-refractivity contribution in [1.82, 2.24) is 14.7 Å². The summed E-state index contributed by atoms with van der Waals surface area (Å²) in [5, 5.41) is 7.15. The first-order valence-electron chi connectivity index (χ1n) is 8.06. The van der Waals surface area contributed by atoms with Crippen molar-refractivity contribution in [3.8, 4) is 0 Å². The van der Waals surface area contributed by atoms with Crippen LogP contribution in [0.4, 0.5) is 5.69 Å². The van der Waals surface area contributed by atoms with E-state index in [2.05, 4.69) is 10.4 Å². The number of nitrogens with zero attached hydrogens (tertiary/aromatic N) is 3. The Morgan fingerprint density at radius 1 is 1.38 bits per heavy atom. The topological polar surface area (TPSA) is 67.2 Å². The van der Waals surface area contributed by atoms with E-state index in [1.165, 1.54) is 11.8 Å². The summed E-state index contributed by atoms with van der Waals surface area (Å²) in [5.74, 6) is 0.422. The third kappa shape index (κ3) is 2.91. The van der Waals surface area contributed by atoms with Gasteiger partial charge < -0.3 is 10.2 Å². The molecule has 0 radical (unpaired) electrons. The van der Waals surface area contributed by atoms with Gasteiger partial charge in [0.25, 0.3) is 5.91 Å². The summed E-state index contributed by atoms with van der Waals surface area (Å²) in [6.45, 7) is 1.42. The number of nitrogens with one attached hydrogen (secondary N) is 1. The molecule has 0 bridgehead atoms. The highest BCUT2D eigenvalue weighted by Gasteiger charge is 2.26. The molecule has 2 aromatic rings. The molecule has 2 aliphatic rings. The second-order valence-corrected chi connectivity index (χ2v) is 7.10. The number of carbonyl (C=O) groups is 2. The van der Waals surface area contributed by atoms with Crippen LogP contribution in [-0.2, 0) is 4.79 Å². The Labute approximate surface area is 144 Å². The molecule has 0 aliphatic carbocycles. The van der Waals surface area contributed by atoms with Gasteiger partial charge in [-0.05, 0) is 37.1 Å². The van der Waals surface area contributed by atoms with Crippen LogP contribution >= 0.6 is 11.8 Å². The molecule has 1 fully saturated rings. The number of thioether (sulfide) groups is 1. The Hall–Kier alpha value is -2.28. The van der Waals surface area contributed by atoms with Crippen molar-refractivity contribution in [2.45, 2.75) is 23.8 Å². The third-order valence-electron chi connectivity index (χ3n) is 4.44. The standard InChI is InChI=1S/C17H18N4O2S/c22-16-11-24-15-5-4-12(9-14(15)19-16)17(23)20-7-1-3-13(10-20)21-8-2-6-18-21/h2,4-6,8-9,13H,1,3,7,10-11H2,(H,19,22)/t13-/m1/s1. The van der Waals surface area contributed by atoms with Gasteiger partial charge in [0.1, 0.15) is 0 Å². The molecule has 1 aromatic heterocycles. The zero-order valence-electron chi connectivity index (χ0n) is 13.1. The summed E-state index contributed by atoms with van der Waals surface area (Å²) in [4.78, 5) is 27.3. The largest absolute Gasteiger partial charge is 0.337 e. The van der Waals surface area contributed by atoms with Crippen LogP contribution in [-0.4, -0.2) is 45.3 Å². The summed E-state index contributed by atoms with van der Waals surface area (Å²) < 4.78 is 1.93. The minimum absolute atomic E-state index is 0.0134. The molecule has 1 N–H and O–H groups in total. The van der Waals surface area contributed by atoms with Crippen molar-refractivity contribution in [2.75, 3.05) is 24.2 Å². The number of fused-ring (bicyclic) bond motifs is 1. The molecule has 124 valence electrons. The van der Waals surface area contributed by atoms with Crippen molar-refractivity contribution in [3.05, 3.63) is 42.2 Å². The number of hydrogen-bond donors (Lipinski definition) is 1. The predicted octanol–water partition coefficient (Wildman–Crippen LogP) is 2.40. The summed E-state index contributed by atoms with van der Waals surface area (Å²) in [6, 6.07) is 7.69.